The number of halogens is 1. The Morgan fingerprint density at radius 1 is 1.26 bits per heavy atom. The highest BCUT2D eigenvalue weighted by molar-refractivity contribution is 9.10. The number of thiophene rings is 1. The minimum Gasteiger partial charge on any atom is -0.466 e. The Balaban J connectivity index is 2.51. The minimum atomic E-state index is 0.220. The smallest absolute Gasteiger partial charge is 0.106 e. The molecule has 0 bridgehead atoms. The van der Waals surface area contributed by atoms with Crippen molar-refractivity contribution in [2.75, 3.05) is 6.54 Å². The molecule has 1 unspecified atom stereocenters. The summed E-state index contributed by atoms with van der Waals surface area (Å²) in [5, 5.41) is 3.58. The first-order valence-electron chi connectivity index (χ1n) is 6.51. The van der Waals surface area contributed by atoms with E-state index in [9.17, 15) is 0 Å². The van der Waals surface area contributed by atoms with Crippen molar-refractivity contribution in [1.29, 1.82) is 0 Å². The van der Waals surface area contributed by atoms with Gasteiger partial charge in [0, 0.05) is 19.8 Å². The molecule has 0 aliphatic rings. The van der Waals surface area contributed by atoms with Gasteiger partial charge in [-0.1, -0.05) is 6.92 Å². The van der Waals surface area contributed by atoms with Gasteiger partial charge in [-0.25, -0.2) is 0 Å². The predicted octanol–water partition coefficient (Wildman–Crippen LogP) is 5.04. The summed E-state index contributed by atoms with van der Waals surface area (Å²) in [4.78, 5) is 2.65. The Morgan fingerprint density at radius 2 is 1.95 bits per heavy atom. The van der Waals surface area contributed by atoms with Crippen LogP contribution >= 0.6 is 27.3 Å². The molecule has 2 aromatic heterocycles. The lowest BCUT2D eigenvalue weighted by Gasteiger charge is -2.17. The topological polar surface area (TPSA) is 25.2 Å². The predicted molar refractivity (Wildman–Crippen MR) is 85.2 cm³/mol. The van der Waals surface area contributed by atoms with Crippen LogP contribution in [-0.2, 0) is 0 Å². The Labute approximate surface area is 127 Å². The lowest BCUT2D eigenvalue weighted by Crippen LogP contribution is -2.22. The van der Waals surface area contributed by atoms with Crippen LogP contribution in [0.2, 0.25) is 0 Å². The molecular formula is C15H20BrNOS. The molecule has 0 aliphatic carbocycles. The van der Waals surface area contributed by atoms with E-state index in [0.717, 1.165) is 18.1 Å². The van der Waals surface area contributed by atoms with E-state index < -0.39 is 0 Å². The third-order valence-electron chi connectivity index (χ3n) is 3.48. The van der Waals surface area contributed by atoms with Gasteiger partial charge in [0.15, 0.2) is 0 Å². The van der Waals surface area contributed by atoms with Gasteiger partial charge in [-0.3, -0.25) is 0 Å². The molecule has 2 heterocycles. The zero-order valence-electron chi connectivity index (χ0n) is 12.1. The van der Waals surface area contributed by atoms with Crippen LogP contribution in [0.4, 0.5) is 0 Å². The van der Waals surface area contributed by atoms with E-state index in [1.165, 1.54) is 25.4 Å². The van der Waals surface area contributed by atoms with Crippen LogP contribution < -0.4 is 5.32 Å². The number of hydrogen-bond acceptors (Lipinski definition) is 3. The molecule has 0 spiro atoms. The fourth-order valence-electron chi connectivity index (χ4n) is 2.41. The molecule has 0 radical (unpaired) electrons. The van der Waals surface area contributed by atoms with Crippen LogP contribution in [0.1, 0.15) is 45.4 Å². The standard InChI is InChI=1S/C15H20BrNOS/c1-6-17-15(13-7-12(16)11(5)19-13)14-8(2)9(3)18-10(14)4/h7,15,17H,6H2,1-5H3. The number of aryl methyl sites for hydroxylation is 3. The highest BCUT2D eigenvalue weighted by atomic mass is 79.9. The highest BCUT2D eigenvalue weighted by Gasteiger charge is 2.23. The summed E-state index contributed by atoms with van der Waals surface area (Å²) in [7, 11) is 0. The maximum absolute atomic E-state index is 5.78. The van der Waals surface area contributed by atoms with E-state index in [1.54, 1.807) is 0 Å². The number of rotatable bonds is 4. The SMILES string of the molecule is CCNC(c1cc(Br)c(C)s1)c1c(C)oc(C)c1C. The van der Waals surface area contributed by atoms with Gasteiger partial charge in [-0.05, 0) is 61.8 Å². The first-order valence-corrected chi connectivity index (χ1v) is 8.12. The van der Waals surface area contributed by atoms with Crippen LogP contribution in [0.25, 0.3) is 0 Å². The van der Waals surface area contributed by atoms with Crippen molar-refractivity contribution in [2.45, 2.75) is 40.7 Å². The Hall–Kier alpha value is -0.580. The van der Waals surface area contributed by atoms with Gasteiger partial charge in [0.2, 0.25) is 0 Å². The molecule has 0 saturated carbocycles. The van der Waals surface area contributed by atoms with Crippen LogP contribution in [0.15, 0.2) is 15.0 Å². The van der Waals surface area contributed by atoms with Gasteiger partial charge in [-0.2, -0.15) is 0 Å². The maximum Gasteiger partial charge on any atom is 0.106 e. The minimum absolute atomic E-state index is 0.220. The number of hydrogen-bond donors (Lipinski definition) is 1. The molecule has 104 valence electrons. The highest BCUT2D eigenvalue weighted by Crippen LogP contribution is 2.37. The maximum atomic E-state index is 5.78. The van der Waals surface area contributed by atoms with Crippen LogP contribution in [0.5, 0.6) is 0 Å². The second-order valence-corrected chi connectivity index (χ2v) is 6.94. The molecular weight excluding hydrogens is 322 g/mol. The average Bonchev–Trinajstić information content (AvgIpc) is 2.79. The van der Waals surface area contributed by atoms with E-state index in [1.807, 2.05) is 18.3 Å². The molecule has 0 saturated heterocycles. The fourth-order valence-corrected chi connectivity index (χ4v) is 4.05. The molecule has 19 heavy (non-hydrogen) atoms. The van der Waals surface area contributed by atoms with E-state index >= 15 is 0 Å². The van der Waals surface area contributed by atoms with Crippen LogP contribution in [0.3, 0.4) is 0 Å². The molecule has 0 fully saturated rings. The van der Waals surface area contributed by atoms with E-state index in [4.69, 9.17) is 4.42 Å². The summed E-state index contributed by atoms with van der Waals surface area (Å²) >= 11 is 5.44. The van der Waals surface area contributed by atoms with Gasteiger partial charge in [0.25, 0.3) is 0 Å². The second-order valence-electron chi connectivity index (χ2n) is 4.80. The van der Waals surface area contributed by atoms with Crippen molar-refractivity contribution in [2.24, 2.45) is 0 Å². The van der Waals surface area contributed by atoms with Crippen molar-refractivity contribution >= 4 is 27.3 Å². The fraction of sp³-hybridized carbons (Fsp3) is 0.467. The molecule has 0 amide bonds. The first-order chi connectivity index (χ1) is 8.95. The molecule has 2 aromatic rings. The van der Waals surface area contributed by atoms with E-state index in [-0.39, 0.29) is 6.04 Å². The second kappa shape index (κ2) is 5.81. The van der Waals surface area contributed by atoms with Crippen molar-refractivity contribution < 1.29 is 4.42 Å². The van der Waals surface area contributed by atoms with Gasteiger partial charge in [0.05, 0.1) is 6.04 Å². The monoisotopic (exact) mass is 341 g/mol. The zero-order valence-corrected chi connectivity index (χ0v) is 14.5. The molecule has 0 aliphatic heterocycles. The van der Waals surface area contributed by atoms with E-state index in [0.29, 0.717) is 0 Å². The molecule has 4 heteroatoms. The summed E-state index contributed by atoms with van der Waals surface area (Å²) in [6, 6.07) is 2.44. The van der Waals surface area contributed by atoms with Gasteiger partial charge in [0.1, 0.15) is 11.5 Å². The summed E-state index contributed by atoms with van der Waals surface area (Å²) in [5.41, 5.74) is 2.54. The van der Waals surface area contributed by atoms with Crippen molar-refractivity contribution in [3.8, 4) is 0 Å². The van der Waals surface area contributed by atoms with Gasteiger partial charge in [-0.15, -0.1) is 11.3 Å². The van der Waals surface area contributed by atoms with Crippen molar-refractivity contribution in [3.63, 3.8) is 0 Å². The van der Waals surface area contributed by atoms with Gasteiger partial charge >= 0.3 is 0 Å². The number of furan rings is 1. The summed E-state index contributed by atoms with van der Waals surface area (Å²) in [6.45, 7) is 11.4. The summed E-state index contributed by atoms with van der Waals surface area (Å²) < 4.78 is 6.97. The number of nitrogens with one attached hydrogen (secondary N) is 1. The first kappa shape index (κ1) is 14.8. The van der Waals surface area contributed by atoms with Crippen molar-refractivity contribution in [1.82, 2.24) is 5.32 Å². The third kappa shape index (κ3) is 2.81. The summed E-state index contributed by atoms with van der Waals surface area (Å²) in [5.74, 6) is 2.03. The Bertz CT molecular complexity index is 566. The molecule has 2 rings (SSSR count). The normalized spacial score (nSPS) is 12.9. The Morgan fingerprint density at radius 3 is 2.37 bits per heavy atom. The van der Waals surface area contributed by atoms with Crippen LogP contribution in [0, 0.1) is 27.7 Å². The summed E-state index contributed by atoms with van der Waals surface area (Å²) in [6.07, 6.45) is 0. The van der Waals surface area contributed by atoms with Crippen LogP contribution in [-0.4, -0.2) is 6.54 Å². The van der Waals surface area contributed by atoms with Crippen molar-refractivity contribution in [3.05, 3.63) is 42.9 Å². The average molecular weight is 342 g/mol. The lowest BCUT2D eigenvalue weighted by atomic mass is 10.0. The zero-order chi connectivity index (χ0) is 14.2. The molecule has 1 N–H and O–H groups in total. The quantitative estimate of drug-likeness (QED) is 0.842. The Kier molecular flexibility index (Phi) is 4.54. The molecule has 1 atom stereocenters. The third-order valence-corrected chi connectivity index (χ3v) is 5.68. The molecule has 0 aromatic carbocycles. The molecule has 2 nitrogen and oxygen atoms in total. The largest absolute Gasteiger partial charge is 0.466 e. The van der Waals surface area contributed by atoms with Gasteiger partial charge < -0.3 is 9.73 Å². The van der Waals surface area contributed by atoms with E-state index in [2.05, 4.69) is 55.0 Å². The lowest BCUT2D eigenvalue weighted by molar-refractivity contribution is 0.494.